The highest BCUT2D eigenvalue weighted by Gasteiger charge is 2.31. The average Bonchev–Trinajstić information content (AvgIpc) is 3.36. The van der Waals surface area contributed by atoms with Crippen molar-refractivity contribution in [2.45, 2.75) is 31.8 Å². The van der Waals surface area contributed by atoms with Gasteiger partial charge in [-0.15, -0.1) is 22.7 Å². The lowest BCUT2D eigenvalue weighted by molar-refractivity contribution is 0.0739. The number of rotatable bonds is 3. The Morgan fingerprint density at radius 2 is 1.89 bits per heavy atom. The molecule has 1 aliphatic heterocycles. The molecule has 0 saturated heterocycles. The van der Waals surface area contributed by atoms with Crippen molar-refractivity contribution in [3.05, 3.63) is 68.2 Å². The fourth-order valence-electron chi connectivity index (χ4n) is 3.73. The van der Waals surface area contributed by atoms with Crippen LogP contribution in [0, 0.1) is 0 Å². The first-order valence-corrected chi connectivity index (χ1v) is 11.0. The van der Waals surface area contributed by atoms with Crippen LogP contribution in [0.1, 0.15) is 55.0 Å². The summed E-state index contributed by atoms with van der Waals surface area (Å²) in [6.07, 6.45) is 4.12. The lowest BCUT2D eigenvalue weighted by atomic mass is 9.94. The minimum atomic E-state index is -0.361. The number of aryl methyl sites for hydroxylation is 1. The van der Waals surface area contributed by atoms with Gasteiger partial charge in [-0.05, 0) is 60.4 Å². The van der Waals surface area contributed by atoms with Crippen LogP contribution in [0.3, 0.4) is 0 Å². The van der Waals surface area contributed by atoms with Gasteiger partial charge in [0.05, 0.1) is 5.56 Å². The summed E-state index contributed by atoms with van der Waals surface area (Å²) in [6, 6.07) is 10.8. The van der Waals surface area contributed by atoms with Crippen LogP contribution < -0.4 is 15.4 Å². The number of carbonyl (C=O) groups excluding carboxylic acids is 2. The van der Waals surface area contributed by atoms with Gasteiger partial charge in [0, 0.05) is 4.88 Å². The molecule has 7 heteroatoms. The summed E-state index contributed by atoms with van der Waals surface area (Å²) in [7, 11) is 0. The topological polar surface area (TPSA) is 67.4 Å². The van der Waals surface area contributed by atoms with Crippen molar-refractivity contribution in [1.29, 1.82) is 0 Å². The Bertz CT molecular complexity index is 1040. The molecule has 1 aromatic carbocycles. The Morgan fingerprint density at radius 3 is 2.68 bits per heavy atom. The number of thiophene rings is 2. The maximum absolute atomic E-state index is 12.7. The van der Waals surface area contributed by atoms with E-state index in [9.17, 15) is 9.59 Å². The SMILES string of the molecule is O=C(Oc1ccc([C@@H]2NC(=O)c3c(sc4c3CCCC4)N2)cc1)c1cccs1. The summed E-state index contributed by atoms with van der Waals surface area (Å²) >= 11 is 3.06. The molecule has 0 unspecified atom stereocenters. The third-order valence-corrected chi connectivity index (χ3v) is 7.17. The first-order chi connectivity index (χ1) is 13.7. The number of nitrogens with one attached hydrogen (secondary N) is 2. The molecule has 0 radical (unpaired) electrons. The smallest absolute Gasteiger partial charge is 0.353 e. The van der Waals surface area contributed by atoms with Crippen LogP contribution in [0.15, 0.2) is 41.8 Å². The summed E-state index contributed by atoms with van der Waals surface area (Å²) < 4.78 is 5.40. The van der Waals surface area contributed by atoms with E-state index in [0.29, 0.717) is 10.6 Å². The summed E-state index contributed by atoms with van der Waals surface area (Å²) in [5, 5.41) is 9.33. The van der Waals surface area contributed by atoms with Crippen molar-refractivity contribution in [1.82, 2.24) is 5.32 Å². The summed E-state index contributed by atoms with van der Waals surface area (Å²) in [5.74, 6) is 0.114. The number of hydrogen-bond acceptors (Lipinski definition) is 6. The van der Waals surface area contributed by atoms with Crippen LogP contribution in [-0.4, -0.2) is 11.9 Å². The number of carbonyl (C=O) groups is 2. The Hall–Kier alpha value is -2.64. The average molecular weight is 411 g/mol. The van der Waals surface area contributed by atoms with Gasteiger partial charge in [-0.1, -0.05) is 18.2 Å². The van der Waals surface area contributed by atoms with E-state index >= 15 is 0 Å². The molecule has 1 amide bonds. The molecule has 1 aliphatic carbocycles. The lowest BCUT2D eigenvalue weighted by Crippen LogP contribution is -2.38. The standard InChI is InChI=1S/C21H18N2O3S2/c24-19-17-14-4-1-2-5-15(14)28-20(17)23-18(22-19)12-7-9-13(10-8-12)26-21(25)16-6-3-11-27-16/h3,6-11,18,23H,1-2,4-5H2,(H,22,24)/t18-/m1/s1. The monoisotopic (exact) mass is 410 g/mol. The normalized spacial score (nSPS) is 17.9. The van der Waals surface area contributed by atoms with Crippen molar-refractivity contribution in [3.63, 3.8) is 0 Å². The molecule has 0 spiro atoms. The van der Waals surface area contributed by atoms with Crippen molar-refractivity contribution >= 4 is 39.6 Å². The fraction of sp³-hybridized carbons (Fsp3) is 0.238. The third kappa shape index (κ3) is 3.10. The van der Waals surface area contributed by atoms with Gasteiger partial charge >= 0.3 is 5.97 Å². The molecule has 0 bridgehead atoms. The van der Waals surface area contributed by atoms with Gasteiger partial charge in [0.15, 0.2) is 0 Å². The van der Waals surface area contributed by atoms with Gasteiger partial charge in [-0.25, -0.2) is 4.79 Å². The van der Waals surface area contributed by atoms with E-state index in [4.69, 9.17) is 4.74 Å². The summed E-state index contributed by atoms with van der Waals surface area (Å²) in [4.78, 5) is 26.7. The first-order valence-electron chi connectivity index (χ1n) is 9.26. The van der Waals surface area contributed by atoms with E-state index in [1.165, 1.54) is 28.2 Å². The van der Waals surface area contributed by atoms with Crippen molar-refractivity contribution in [3.8, 4) is 5.75 Å². The molecule has 1 atom stereocenters. The number of fused-ring (bicyclic) bond motifs is 3. The fourth-order valence-corrected chi connectivity index (χ4v) is 5.64. The lowest BCUT2D eigenvalue weighted by Gasteiger charge is -2.26. The number of ether oxygens (including phenoxy) is 1. The zero-order valence-corrected chi connectivity index (χ0v) is 16.6. The molecule has 28 heavy (non-hydrogen) atoms. The third-order valence-electron chi connectivity index (χ3n) is 5.10. The molecular formula is C21H18N2O3S2. The Morgan fingerprint density at radius 1 is 1.07 bits per heavy atom. The number of anilines is 1. The van der Waals surface area contributed by atoms with E-state index < -0.39 is 0 Å². The highest BCUT2D eigenvalue weighted by molar-refractivity contribution is 7.16. The van der Waals surface area contributed by atoms with Crippen LogP contribution in [-0.2, 0) is 12.8 Å². The molecule has 3 heterocycles. The molecule has 5 rings (SSSR count). The summed E-state index contributed by atoms with van der Waals surface area (Å²) in [6.45, 7) is 0. The summed E-state index contributed by atoms with van der Waals surface area (Å²) in [5.41, 5.74) is 2.98. The molecule has 2 aromatic heterocycles. The van der Waals surface area contributed by atoms with E-state index in [1.54, 1.807) is 29.5 Å². The van der Waals surface area contributed by atoms with E-state index in [0.717, 1.165) is 35.4 Å². The molecule has 142 valence electrons. The number of amides is 1. The maximum Gasteiger partial charge on any atom is 0.353 e. The first kappa shape index (κ1) is 17.5. The van der Waals surface area contributed by atoms with Gasteiger partial charge in [0.25, 0.3) is 5.91 Å². The van der Waals surface area contributed by atoms with Crippen molar-refractivity contribution in [2.24, 2.45) is 0 Å². The molecule has 0 fully saturated rings. The van der Waals surface area contributed by atoms with Crippen molar-refractivity contribution < 1.29 is 14.3 Å². The quantitative estimate of drug-likeness (QED) is 0.482. The molecular weight excluding hydrogens is 392 g/mol. The van der Waals surface area contributed by atoms with Crippen molar-refractivity contribution in [2.75, 3.05) is 5.32 Å². The zero-order chi connectivity index (χ0) is 19.1. The molecule has 3 aromatic rings. The predicted molar refractivity (Wildman–Crippen MR) is 111 cm³/mol. The van der Waals surface area contributed by atoms with Gasteiger partial charge in [0.1, 0.15) is 21.8 Å². The molecule has 5 nitrogen and oxygen atoms in total. The van der Waals surface area contributed by atoms with Gasteiger partial charge in [0.2, 0.25) is 0 Å². The molecule has 2 aliphatic rings. The van der Waals surface area contributed by atoms with Gasteiger partial charge in [-0.3, -0.25) is 4.79 Å². The zero-order valence-electron chi connectivity index (χ0n) is 15.0. The van der Waals surface area contributed by atoms with E-state index in [-0.39, 0.29) is 18.0 Å². The van der Waals surface area contributed by atoms with E-state index in [2.05, 4.69) is 10.6 Å². The van der Waals surface area contributed by atoms with Crippen LogP contribution >= 0.6 is 22.7 Å². The predicted octanol–water partition coefficient (Wildman–Crippen LogP) is 4.76. The minimum Gasteiger partial charge on any atom is -0.422 e. The van der Waals surface area contributed by atoms with Gasteiger partial charge < -0.3 is 15.4 Å². The van der Waals surface area contributed by atoms with Gasteiger partial charge in [-0.2, -0.15) is 0 Å². The van der Waals surface area contributed by atoms with Crippen LogP contribution in [0.5, 0.6) is 5.75 Å². The molecule has 2 N–H and O–H groups in total. The number of benzene rings is 1. The number of esters is 1. The Kier molecular flexibility index (Phi) is 4.41. The largest absolute Gasteiger partial charge is 0.422 e. The van der Waals surface area contributed by atoms with Crippen LogP contribution in [0.25, 0.3) is 0 Å². The van der Waals surface area contributed by atoms with Crippen LogP contribution in [0.2, 0.25) is 0 Å². The van der Waals surface area contributed by atoms with Crippen LogP contribution in [0.4, 0.5) is 5.00 Å². The second kappa shape index (κ2) is 7.07. The number of hydrogen-bond donors (Lipinski definition) is 2. The maximum atomic E-state index is 12.7. The second-order valence-corrected chi connectivity index (χ2v) is 8.95. The second-order valence-electron chi connectivity index (χ2n) is 6.90. The van der Waals surface area contributed by atoms with E-state index in [1.807, 2.05) is 23.6 Å². The highest BCUT2D eigenvalue weighted by atomic mass is 32.1. The minimum absolute atomic E-state index is 0.00801. The highest BCUT2D eigenvalue weighted by Crippen LogP contribution is 2.41. The Labute approximate surface area is 170 Å². The Balaban J connectivity index is 1.34. The molecule has 0 saturated carbocycles.